The number of nitrogens with one attached hydrogen (secondary N) is 3. The second kappa shape index (κ2) is 11.0. The molecule has 0 fully saturated rings. The van der Waals surface area contributed by atoms with Crippen molar-refractivity contribution in [3.63, 3.8) is 0 Å². The van der Waals surface area contributed by atoms with Crippen LogP contribution in [0.15, 0.2) is 85.6 Å². The third-order valence-electron chi connectivity index (χ3n) is 5.34. The number of hydrogen-bond donors (Lipinski definition) is 3. The summed E-state index contributed by atoms with van der Waals surface area (Å²) in [5, 5.41) is 8.43. The topological polar surface area (TPSA) is 88.2 Å². The van der Waals surface area contributed by atoms with E-state index in [1.165, 1.54) is 37.6 Å². The number of aromatic nitrogens is 2. The van der Waals surface area contributed by atoms with Crippen molar-refractivity contribution in [2.75, 3.05) is 23.1 Å². The molecule has 7 nitrogen and oxygen atoms in total. The van der Waals surface area contributed by atoms with Gasteiger partial charge in [-0.2, -0.15) is 18.2 Å². The standard InChI is InChI=1S/C27H21F4N5O2/c1-3-24(37)33-18-12-13-20(28)22(14-18)34-25-19(16-8-10-17(11-9-16)27(29,30)31)15-32-26(36-25)35-21-6-4-5-7-23(21)38-2/h3-15H,1H2,2H3,(H,33,37)(H2,32,34,35,36). The maximum atomic E-state index is 14.7. The maximum absolute atomic E-state index is 14.7. The number of nitrogens with zero attached hydrogens (tertiary/aromatic N) is 2. The highest BCUT2D eigenvalue weighted by Gasteiger charge is 2.30. The quantitative estimate of drug-likeness (QED) is 0.172. The van der Waals surface area contributed by atoms with Crippen LogP contribution in [0.2, 0.25) is 0 Å². The van der Waals surface area contributed by atoms with Crippen LogP contribution in [0.4, 0.5) is 46.4 Å². The second-order valence-electron chi connectivity index (χ2n) is 7.87. The lowest BCUT2D eigenvalue weighted by Gasteiger charge is -2.16. The SMILES string of the molecule is C=CC(=O)Nc1ccc(F)c(Nc2nc(Nc3ccccc3OC)ncc2-c2ccc(C(F)(F)F)cc2)c1. The van der Waals surface area contributed by atoms with Gasteiger partial charge in [-0.25, -0.2) is 9.37 Å². The number of ether oxygens (including phenoxy) is 1. The summed E-state index contributed by atoms with van der Waals surface area (Å²) in [7, 11) is 1.50. The average Bonchev–Trinajstić information content (AvgIpc) is 2.90. The first kappa shape index (κ1) is 26.1. The van der Waals surface area contributed by atoms with Crippen LogP contribution in [0.1, 0.15) is 5.56 Å². The molecule has 0 aliphatic heterocycles. The Kier molecular flexibility index (Phi) is 7.56. The van der Waals surface area contributed by atoms with Crippen molar-refractivity contribution in [2.24, 2.45) is 0 Å². The molecule has 38 heavy (non-hydrogen) atoms. The molecule has 0 saturated carbocycles. The van der Waals surface area contributed by atoms with Crippen molar-refractivity contribution < 1.29 is 27.1 Å². The van der Waals surface area contributed by atoms with Crippen LogP contribution in [0.25, 0.3) is 11.1 Å². The number of amides is 1. The van der Waals surface area contributed by atoms with Crippen molar-refractivity contribution in [1.82, 2.24) is 9.97 Å². The van der Waals surface area contributed by atoms with Crippen molar-refractivity contribution in [2.45, 2.75) is 6.18 Å². The Morgan fingerprint density at radius 3 is 2.42 bits per heavy atom. The minimum atomic E-state index is -4.50. The van der Waals surface area contributed by atoms with Crippen LogP contribution in [0.3, 0.4) is 0 Å². The Balaban J connectivity index is 1.76. The van der Waals surface area contributed by atoms with Gasteiger partial charge < -0.3 is 20.7 Å². The van der Waals surface area contributed by atoms with Crippen LogP contribution in [0, 0.1) is 5.82 Å². The summed E-state index contributed by atoms with van der Waals surface area (Å²) in [5.74, 6) is -0.405. The summed E-state index contributed by atoms with van der Waals surface area (Å²) in [4.78, 5) is 20.4. The molecule has 0 spiro atoms. The lowest BCUT2D eigenvalue weighted by molar-refractivity contribution is -0.137. The van der Waals surface area contributed by atoms with E-state index in [0.717, 1.165) is 24.3 Å². The Morgan fingerprint density at radius 2 is 1.74 bits per heavy atom. The van der Waals surface area contributed by atoms with E-state index < -0.39 is 23.5 Å². The fourth-order valence-electron chi connectivity index (χ4n) is 3.48. The van der Waals surface area contributed by atoms with E-state index in [4.69, 9.17) is 4.74 Å². The van der Waals surface area contributed by atoms with Gasteiger partial charge in [0.05, 0.1) is 24.0 Å². The van der Waals surface area contributed by atoms with Crippen molar-refractivity contribution in [1.29, 1.82) is 0 Å². The Bertz CT molecular complexity index is 1470. The minimum absolute atomic E-state index is 0.0398. The first-order valence-corrected chi connectivity index (χ1v) is 11.1. The number of anilines is 5. The van der Waals surface area contributed by atoms with E-state index >= 15 is 0 Å². The first-order valence-electron chi connectivity index (χ1n) is 11.1. The largest absolute Gasteiger partial charge is 0.495 e. The summed E-state index contributed by atoms with van der Waals surface area (Å²) >= 11 is 0. The summed E-state index contributed by atoms with van der Waals surface area (Å²) in [6, 6.07) is 15.3. The molecule has 0 aliphatic rings. The van der Waals surface area contributed by atoms with Crippen LogP contribution in [-0.2, 0) is 11.0 Å². The van der Waals surface area contributed by atoms with E-state index in [-0.39, 0.29) is 23.1 Å². The van der Waals surface area contributed by atoms with Gasteiger partial charge in [-0.3, -0.25) is 4.79 Å². The highest BCUT2D eigenvalue weighted by Crippen LogP contribution is 2.35. The van der Waals surface area contributed by atoms with Gasteiger partial charge in [0.1, 0.15) is 17.4 Å². The first-order chi connectivity index (χ1) is 18.2. The number of alkyl halides is 3. The molecule has 4 rings (SSSR count). The summed E-state index contributed by atoms with van der Waals surface area (Å²) in [6.07, 6.45) is -2.03. The third-order valence-corrected chi connectivity index (χ3v) is 5.34. The van der Waals surface area contributed by atoms with Gasteiger partial charge in [0.15, 0.2) is 0 Å². The van der Waals surface area contributed by atoms with Crippen molar-refractivity contribution in [3.8, 4) is 16.9 Å². The van der Waals surface area contributed by atoms with Crippen LogP contribution >= 0.6 is 0 Å². The molecule has 0 radical (unpaired) electrons. The van der Waals surface area contributed by atoms with E-state index in [1.54, 1.807) is 24.3 Å². The average molecular weight is 523 g/mol. The molecule has 194 valence electrons. The Labute approximate surface area is 215 Å². The molecule has 3 N–H and O–H groups in total. The van der Waals surface area contributed by atoms with Gasteiger partial charge in [0.2, 0.25) is 11.9 Å². The Morgan fingerprint density at radius 1 is 1.00 bits per heavy atom. The molecular weight excluding hydrogens is 502 g/mol. The molecule has 0 unspecified atom stereocenters. The molecule has 1 heterocycles. The molecule has 4 aromatic rings. The van der Waals surface area contributed by atoms with Gasteiger partial charge >= 0.3 is 6.18 Å². The lowest BCUT2D eigenvalue weighted by Crippen LogP contribution is -2.08. The molecule has 0 bridgehead atoms. The van der Waals surface area contributed by atoms with Crippen LogP contribution in [-0.4, -0.2) is 23.0 Å². The second-order valence-corrected chi connectivity index (χ2v) is 7.87. The normalized spacial score (nSPS) is 11.0. The van der Waals surface area contributed by atoms with Gasteiger partial charge in [0, 0.05) is 17.4 Å². The van der Waals surface area contributed by atoms with E-state index in [2.05, 4.69) is 32.5 Å². The monoisotopic (exact) mass is 523 g/mol. The highest BCUT2D eigenvalue weighted by molar-refractivity contribution is 5.99. The number of hydrogen-bond acceptors (Lipinski definition) is 6. The summed E-state index contributed by atoms with van der Waals surface area (Å²) < 4.78 is 59.3. The zero-order valence-corrected chi connectivity index (χ0v) is 19.9. The third kappa shape index (κ3) is 6.06. The number of halogens is 4. The highest BCUT2D eigenvalue weighted by atomic mass is 19.4. The molecule has 0 saturated heterocycles. The summed E-state index contributed by atoms with van der Waals surface area (Å²) in [5.41, 5.74) is 0.662. The van der Waals surface area contributed by atoms with Gasteiger partial charge in [-0.1, -0.05) is 30.8 Å². The predicted molar refractivity (Wildman–Crippen MR) is 137 cm³/mol. The van der Waals surface area contributed by atoms with E-state index in [0.29, 0.717) is 22.6 Å². The number of methoxy groups -OCH3 is 1. The zero-order chi connectivity index (χ0) is 27.3. The maximum Gasteiger partial charge on any atom is 0.416 e. The summed E-state index contributed by atoms with van der Waals surface area (Å²) in [6.45, 7) is 3.38. The smallest absolute Gasteiger partial charge is 0.416 e. The fourth-order valence-corrected chi connectivity index (χ4v) is 3.48. The number of carbonyl (C=O) groups is 1. The Hall–Kier alpha value is -4.93. The molecule has 11 heteroatoms. The number of rotatable bonds is 8. The van der Waals surface area contributed by atoms with Gasteiger partial charge in [-0.15, -0.1) is 0 Å². The lowest BCUT2D eigenvalue weighted by atomic mass is 10.1. The van der Waals surface area contributed by atoms with Crippen molar-refractivity contribution in [3.05, 3.63) is 97.0 Å². The van der Waals surface area contributed by atoms with E-state index in [1.807, 2.05) is 0 Å². The molecular formula is C27H21F4N5O2. The van der Waals surface area contributed by atoms with Gasteiger partial charge in [-0.05, 0) is 54.1 Å². The fraction of sp³-hybridized carbons (Fsp3) is 0.0741. The minimum Gasteiger partial charge on any atom is -0.495 e. The van der Waals surface area contributed by atoms with Crippen LogP contribution in [0.5, 0.6) is 5.75 Å². The molecule has 1 amide bonds. The molecule has 0 aliphatic carbocycles. The molecule has 3 aromatic carbocycles. The number of benzene rings is 3. The number of carbonyl (C=O) groups excluding carboxylic acids is 1. The van der Waals surface area contributed by atoms with E-state index in [9.17, 15) is 22.4 Å². The molecule has 0 atom stereocenters. The molecule has 1 aromatic heterocycles. The number of para-hydroxylation sites is 2. The van der Waals surface area contributed by atoms with Gasteiger partial charge in [0.25, 0.3) is 0 Å². The van der Waals surface area contributed by atoms with Crippen LogP contribution < -0.4 is 20.7 Å². The zero-order valence-electron chi connectivity index (χ0n) is 19.9. The predicted octanol–water partition coefficient (Wildman–Crippen LogP) is 6.92. The van der Waals surface area contributed by atoms with Crippen molar-refractivity contribution >= 4 is 34.7 Å².